The fourth-order valence-corrected chi connectivity index (χ4v) is 1.83. The minimum absolute atomic E-state index is 0.0456. The molecule has 1 amide bonds. The first-order valence-corrected chi connectivity index (χ1v) is 6.94. The van der Waals surface area contributed by atoms with Crippen LogP contribution in [-0.2, 0) is 16.1 Å². The average Bonchev–Trinajstić information content (AvgIpc) is 2.86. The predicted octanol–water partition coefficient (Wildman–Crippen LogP) is 2.91. The van der Waals surface area contributed by atoms with E-state index in [9.17, 15) is 9.18 Å². The monoisotopic (exact) mass is 306 g/mol. The average molecular weight is 306 g/mol. The van der Waals surface area contributed by atoms with E-state index in [1.165, 1.54) is 12.1 Å². The molecule has 0 saturated carbocycles. The first-order chi connectivity index (χ1) is 10.3. The zero-order valence-corrected chi connectivity index (χ0v) is 12.9. The van der Waals surface area contributed by atoms with Gasteiger partial charge in [-0.1, -0.05) is 5.16 Å². The molecule has 0 aliphatic rings. The summed E-state index contributed by atoms with van der Waals surface area (Å²) in [5, 5.41) is 6.66. The maximum absolute atomic E-state index is 12.9. The molecule has 0 atom stereocenters. The Hall–Kier alpha value is -2.21. The first kappa shape index (κ1) is 16.2. The van der Waals surface area contributed by atoms with Gasteiger partial charge in [0.25, 0.3) is 0 Å². The van der Waals surface area contributed by atoms with Gasteiger partial charge >= 0.3 is 0 Å². The van der Waals surface area contributed by atoms with Crippen molar-refractivity contribution in [2.75, 3.05) is 6.61 Å². The lowest BCUT2D eigenvalue weighted by Gasteiger charge is -2.20. The van der Waals surface area contributed by atoms with Crippen LogP contribution in [0.2, 0.25) is 0 Å². The number of carbonyl (C=O) groups is 1. The molecule has 0 spiro atoms. The van der Waals surface area contributed by atoms with Gasteiger partial charge in [-0.15, -0.1) is 0 Å². The van der Waals surface area contributed by atoms with E-state index in [-0.39, 0.29) is 30.5 Å². The first-order valence-electron chi connectivity index (χ1n) is 6.94. The number of aromatic nitrogens is 1. The summed E-state index contributed by atoms with van der Waals surface area (Å²) < 4.78 is 23.3. The predicted molar refractivity (Wildman–Crippen MR) is 79.4 cm³/mol. The number of hydrogen-bond acceptors (Lipinski definition) is 4. The topological polar surface area (TPSA) is 64.4 Å². The number of rotatable bonds is 5. The molecular weight excluding hydrogens is 287 g/mol. The van der Waals surface area contributed by atoms with Crippen molar-refractivity contribution in [3.63, 3.8) is 0 Å². The highest BCUT2D eigenvalue weighted by molar-refractivity contribution is 5.77. The molecule has 2 rings (SSSR count). The fraction of sp³-hybridized carbons (Fsp3) is 0.375. The molecule has 0 radical (unpaired) electrons. The van der Waals surface area contributed by atoms with Crippen molar-refractivity contribution >= 4 is 5.91 Å². The van der Waals surface area contributed by atoms with Crippen LogP contribution in [0.25, 0.3) is 11.3 Å². The Balaban J connectivity index is 1.85. The van der Waals surface area contributed by atoms with Crippen LogP contribution in [0.5, 0.6) is 0 Å². The van der Waals surface area contributed by atoms with Gasteiger partial charge in [0.1, 0.15) is 18.1 Å². The zero-order chi connectivity index (χ0) is 16.2. The Morgan fingerprint density at radius 2 is 2.00 bits per heavy atom. The summed E-state index contributed by atoms with van der Waals surface area (Å²) in [4.78, 5) is 11.6. The van der Waals surface area contributed by atoms with Gasteiger partial charge in [0.05, 0.1) is 6.61 Å². The Kier molecular flexibility index (Phi) is 4.92. The van der Waals surface area contributed by atoms with Crippen molar-refractivity contribution in [1.82, 2.24) is 10.5 Å². The molecule has 0 unspecified atom stereocenters. The van der Waals surface area contributed by atoms with Crippen LogP contribution < -0.4 is 5.32 Å². The molecule has 22 heavy (non-hydrogen) atoms. The summed E-state index contributed by atoms with van der Waals surface area (Å²) in [7, 11) is 0. The molecule has 118 valence electrons. The lowest BCUT2D eigenvalue weighted by molar-refractivity contribution is -0.127. The summed E-state index contributed by atoms with van der Waals surface area (Å²) in [6.07, 6.45) is 0. The molecule has 1 aromatic heterocycles. The SMILES string of the molecule is CC(C)(C)NC(=O)COCc1cc(-c2ccc(F)cc2)on1. The van der Waals surface area contributed by atoms with Gasteiger partial charge in [-0.25, -0.2) is 4.39 Å². The van der Waals surface area contributed by atoms with Gasteiger partial charge in [-0.05, 0) is 45.0 Å². The van der Waals surface area contributed by atoms with E-state index in [1.807, 2.05) is 20.8 Å². The lowest BCUT2D eigenvalue weighted by Crippen LogP contribution is -2.42. The highest BCUT2D eigenvalue weighted by Crippen LogP contribution is 2.20. The minimum atomic E-state index is -0.309. The molecule has 0 bridgehead atoms. The number of nitrogens with one attached hydrogen (secondary N) is 1. The molecule has 0 aliphatic heterocycles. The fourth-order valence-electron chi connectivity index (χ4n) is 1.83. The van der Waals surface area contributed by atoms with Gasteiger partial charge in [0, 0.05) is 17.2 Å². The number of nitrogens with zero attached hydrogens (tertiary/aromatic N) is 1. The molecule has 0 fully saturated rings. The second-order valence-corrected chi connectivity index (χ2v) is 5.98. The number of hydrogen-bond donors (Lipinski definition) is 1. The van der Waals surface area contributed by atoms with Crippen LogP contribution in [0.15, 0.2) is 34.9 Å². The van der Waals surface area contributed by atoms with Crippen molar-refractivity contribution in [1.29, 1.82) is 0 Å². The maximum Gasteiger partial charge on any atom is 0.246 e. The van der Waals surface area contributed by atoms with E-state index in [1.54, 1.807) is 18.2 Å². The van der Waals surface area contributed by atoms with E-state index in [2.05, 4.69) is 10.5 Å². The molecule has 0 aliphatic carbocycles. The Morgan fingerprint density at radius 3 is 2.64 bits per heavy atom. The quantitative estimate of drug-likeness (QED) is 0.922. The van der Waals surface area contributed by atoms with Crippen molar-refractivity contribution in [2.24, 2.45) is 0 Å². The summed E-state index contributed by atoms with van der Waals surface area (Å²) in [6.45, 7) is 5.82. The van der Waals surface area contributed by atoms with Gasteiger partial charge < -0.3 is 14.6 Å². The summed E-state index contributed by atoms with van der Waals surface area (Å²) in [5.41, 5.74) is 1.01. The van der Waals surface area contributed by atoms with E-state index in [0.717, 1.165) is 5.56 Å². The zero-order valence-electron chi connectivity index (χ0n) is 12.9. The maximum atomic E-state index is 12.9. The number of amides is 1. The number of carbonyl (C=O) groups excluding carboxylic acids is 1. The summed E-state index contributed by atoms with van der Waals surface area (Å²) in [6, 6.07) is 7.62. The lowest BCUT2D eigenvalue weighted by atomic mass is 10.1. The van der Waals surface area contributed by atoms with E-state index in [0.29, 0.717) is 11.5 Å². The van der Waals surface area contributed by atoms with E-state index in [4.69, 9.17) is 9.26 Å². The van der Waals surface area contributed by atoms with Crippen LogP contribution >= 0.6 is 0 Å². The second-order valence-electron chi connectivity index (χ2n) is 5.98. The smallest absolute Gasteiger partial charge is 0.246 e. The molecule has 5 nitrogen and oxygen atoms in total. The van der Waals surface area contributed by atoms with Crippen LogP contribution in [0, 0.1) is 5.82 Å². The van der Waals surface area contributed by atoms with Crippen molar-refractivity contribution < 1.29 is 18.4 Å². The van der Waals surface area contributed by atoms with Crippen LogP contribution in [-0.4, -0.2) is 23.2 Å². The Morgan fingerprint density at radius 1 is 1.32 bits per heavy atom. The third-order valence-corrected chi connectivity index (χ3v) is 2.69. The van der Waals surface area contributed by atoms with Crippen molar-refractivity contribution in [3.05, 3.63) is 41.8 Å². The van der Waals surface area contributed by atoms with Gasteiger partial charge in [0.15, 0.2) is 5.76 Å². The third-order valence-electron chi connectivity index (χ3n) is 2.69. The van der Waals surface area contributed by atoms with Crippen molar-refractivity contribution in [2.45, 2.75) is 32.9 Å². The molecule has 2 aromatic rings. The van der Waals surface area contributed by atoms with Gasteiger partial charge in [-0.2, -0.15) is 0 Å². The summed E-state index contributed by atoms with van der Waals surface area (Å²) >= 11 is 0. The van der Waals surface area contributed by atoms with Crippen LogP contribution in [0.4, 0.5) is 4.39 Å². The Bertz CT molecular complexity index is 630. The largest absolute Gasteiger partial charge is 0.365 e. The van der Waals surface area contributed by atoms with E-state index < -0.39 is 0 Å². The third kappa shape index (κ3) is 4.96. The molecule has 1 aromatic carbocycles. The number of benzene rings is 1. The van der Waals surface area contributed by atoms with E-state index >= 15 is 0 Å². The standard InChI is InChI=1S/C16H19FN2O3/c1-16(2,3)18-15(20)10-21-9-13-8-14(22-19-13)11-4-6-12(17)7-5-11/h4-8H,9-10H2,1-3H3,(H,18,20). The second kappa shape index (κ2) is 6.70. The van der Waals surface area contributed by atoms with Crippen LogP contribution in [0.1, 0.15) is 26.5 Å². The Labute approximate surface area is 128 Å². The highest BCUT2D eigenvalue weighted by Gasteiger charge is 2.14. The highest BCUT2D eigenvalue weighted by atomic mass is 19.1. The molecular formula is C16H19FN2O3. The normalized spacial score (nSPS) is 11.5. The van der Waals surface area contributed by atoms with Crippen LogP contribution in [0.3, 0.4) is 0 Å². The molecule has 0 saturated heterocycles. The van der Waals surface area contributed by atoms with Crippen molar-refractivity contribution in [3.8, 4) is 11.3 Å². The molecule has 6 heteroatoms. The summed E-state index contributed by atoms with van der Waals surface area (Å²) in [5.74, 6) is 0.0316. The van der Waals surface area contributed by atoms with Gasteiger partial charge in [0.2, 0.25) is 5.91 Å². The van der Waals surface area contributed by atoms with Gasteiger partial charge in [-0.3, -0.25) is 4.79 Å². The minimum Gasteiger partial charge on any atom is -0.365 e. The molecule has 1 N–H and O–H groups in total. The number of ether oxygens (including phenoxy) is 1. The molecule has 1 heterocycles. The number of halogens is 1.